The van der Waals surface area contributed by atoms with Crippen LogP contribution < -0.4 is 20.7 Å². The Balaban J connectivity index is 1.83. The van der Waals surface area contributed by atoms with E-state index >= 15 is 0 Å². The van der Waals surface area contributed by atoms with E-state index in [9.17, 15) is 19.8 Å². The second-order valence-corrected chi connectivity index (χ2v) is 9.88. The molecule has 10 nitrogen and oxygen atoms in total. The quantitative estimate of drug-likeness (QED) is 0.225. The van der Waals surface area contributed by atoms with Crippen molar-refractivity contribution in [3.05, 3.63) is 122 Å². The predicted molar refractivity (Wildman–Crippen MR) is 155 cm³/mol. The van der Waals surface area contributed by atoms with E-state index in [4.69, 9.17) is 9.47 Å². The number of ether oxygens (including phenoxy) is 2. The van der Waals surface area contributed by atoms with Crippen LogP contribution in [0.5, 0.6) is 11.5 Å². The number of hydrogen-bond donors (Lipinski definition) is 3. The van der Waals surface area contributed by atoms with Crippen LogP contribution >= 0.6 is 0 Å². The molecule has 1 unspecified atom stereocenters. The van der Waals surface area contributed by atoms with Gasteiger partial charge >= 0.3 is 5.69 Å². The summed E-state index contributed by atoms with van der Waals surface area (Å²) in [4.78, 5) is 34.5. The molecule has 1 atom stereocenters. The van der Waals surface area contributed by atoms with Gasteiger partial charge in [-0.3, -0.25) is 13.9 Å². The Labute approximate surface area is 236 Å². The second kappa shape index (κ2) is 11.4. The van der Waals surface area contributed by atoms with Gasteiger partial charge in [-0.15, -0.1) is 0 Å². The van der Waals surface area contributed by atoms with E-state index in [1.807, 2.05) is 78.9 Å². The lowest BCUT2D eigenvalue weighted by Crippen LogP contribution is -2.44. The summed E-state index contributed by atoms with van der Waals surface area (Å²) in [5.74, 6) is 1.66. The third kappa shape index (κ3) is 5.03. The number of aliphatic hydroxyl groups is 2. The highest BCUT2D eigenvalue weighted by Crippen LogP contribution is 2.42. The van der Waals surface area contributed by atoms with E-state index in [1.165, 1.54) is 11.6 Å². The average Bonchev–Trinajstić information content (AvgIpc) is 3.44. The number of imidazole rings is 1. The topological polar surface area (TPSA) is 132 Å². The van der Waals surface area contributed by atoms with Crippen LogP contribution in [0.25, 0.3) is 11.2 Å². The van der Waals surface area contributed by atoms with E-state index in [2.05, 4.69) is 9.97 Å². The van der Waals surface area contributed by atoms with E-state index < -0.39 is 29.4 Å². The summed E-state index contributed by atoms with van der Waals surface area (Å²) >= 11 is 0. The van der Waals surface area contributed by atoms with E-state index in [0.717, 1.165) is 21.3 Å². The third-order valence-corrected chi connectivity index (χ3v) is 7.49. The predicted octanol–water partition coefficient (Wildman–Crippen LogP) is 2.37. The number of nitrogens with zero attached hydrogens (tertiary/aromatic N) is 3. The lowest BCUT2D eigenvalue weighted by molar-refractivity contribution is 0.0941. The molecular formula is C31H32N4O6. The van der Waals surface area contributed by atoms with Gasteiger partial charge in [0.05, 0.1) is 32.3 Å². The first-order chi connectivity index (χ1) is 19.8. The van der Waals surface area contributed by atoms with Crippen LogP contribution in [0.15, 0.2) is 88.5 Å². The van der Waals surface area contributed by atoms with Crippen LogP contribution in [0.1, 0.15) is 22.5 Å². The Morgan fingerprint density at radius 3 is 1.93 bits per heavy atom. The summed E-state index contributed by atoms with van der Waals surface area (Å²) in [6, 6.07) is 25.2. The summed E-state index contributed by atoms with van der Waals surface area (Å²) in [5.41, 5.74) is 1.00. The maximum atomic E-state index is 13.8. The van der Waals surface area contributed by atoms with E-state index in [0.29, 0.717) is 11.5 Å². The average molecular weight is 557 g/mol. The number of aromatic amines is 1. The largest absolute Gasteiger partial charge is 0.497 e. The van der Waals surface area contributed by atoms with Gasteiger partial charge in [0.25, 0.3) is 5.56 Å². The number of H-pyrrole nitrogens is 1. The van der Waals surface area contributed by atoms with Crippen LogP contribution in [0, 0.1) is 0 Å². The number of fused-ring (bicyclic) bond motifs is 1. The van der Waals surface area contributed by atoms with Crippen LogP contribution in [-0.2, 0) is 25.4 Å². The highest BCUT2D eigenvalue weighted by Gasteiger charge is 2.38. The fourth-order valence-electron chi connectivity index (χ4n) is 5.29. The number of hydrogen-bond acceptors (Lipinski definition) is 7. The van der Waals surface area contributed by atoms with Crippen molar-refractivity contribution in [1.82, 2.24) is 19.1 Å². The molecule has 3 aromatic carbocycles. The van der Waals surface area contributed by atoms with Gasteiger partial charge in [-0.1, -0.05) is 54.6 Å². The highest BCUT2D eigenvalue weighted by atomic mass is 16.5. The van der Waals surface area contributed by atoms with Gasteiger partial charge in [0, 0.05) is 20.0 Å². The maximum absolute atomic E-state index is 13.8. The van der Waals surface area contributed by atoms with Crippen molar-refractivity contribution in [2.45, 2.75) is 24.5 Å². The Bertz CT molecular complexity index is 1710. The van der Waals surface area contributed by atoms with Crippen molar-refractivity contribution in [3.8, 4) is 11.5 Å². The van der Waals surface area contributed by atoms with Crippen LogP contribution in [0.4, 0.5) is 0 Å². The minimum atomic E-state index is -1.07. The minimum absolute atomic E-state index is 0.0106. The number of methoxy groups -OCH3 is 2. The lowest BCUT2D eigenvalue weighted by Gasteiger charge is -2.36. The fraction of sp³-hybridized carbons (Fsp3) is 0.258. The highest BCUT2D eigenvalue weighted by molar-refractivity contribution is 5.70. The SMILES string of the molecule is COc1ccc(C(Cn2c(=O)n(C)c(=O)c3[nH]c(CC(O)CO)nc32)(c2ccccc2)c2ccc(OC)cc2)cc1. The molecule has 5 aromatic rings. The zero-order chi connectivity index (χ0) is 29.1. The maximum Gasteiger partial charge on any atom is 0.332 e. The number of rotatable bonds is 10. The zero-order valence-electron chi connectivity index (χ0n) is 23.1. The number of aromatic nitrogens is 4. The first-order valence-corrected chi connectivity index (χ1v) is 13.1. The molecule has 0 aliphatic heterocycles. The molecule has 3 N–H and O–H groups in total. The number of aliphatic hydroxyl groups excluding tert-OH is 2. The lowest BCUT2D eigenvalue weighted by atomic mass is 9.69. The monoisotopic (exact) mass is 556 g/mol. The summed E-state index contributed by atoms with van der Waals surface area (Å²) < 4.78 is 13.4. The van der Waals surface area contributed by atoms with Crippen LogP contribution in [0.3, 0.4) is 0 Å². The molecule has 0 saturated heterocycles. The molecule has 0 fully saturated rings. The Kier molecular flexibility index (Phi) is 7.78. The smallest absolute Gasteiger partial charge is 0.332 e. The Morgan fingerprint density at radius 1 is 0.878 bits per heavy atom. The fourth-order valence-corrected chi connectivity index (χ4v) is 5.29. The molecule has 5 rings (SSSR count). The molecule has 0 aliphatic rings. The van der Waals surface area contributed by atoms with Gasteiger partial charge in [-0.2, -0.15) is 0 Å². The summed E-state index contributed by atoms with van der Waals surface area (Å²) in [6.45, 7) is -0.375. The van der Waals surface area contributed by atoms with Crippen LogP contribution in [0.2, 0.25) is 0 Å². The second-order valence-electron chi connectivity index (χ2n) is 9.88. The molecule has 2 heterocycles. The molecule has 212 valence electrons. The minimum Gasteiger partial charge on any atom is -0.497 e. The Hall–Kier alpha value is -4.67. The summed E-state index contributed by atoms with van der Waals surface area (Å²) in [5, 5.41) is 19.4. The first-order valence-electron chi connectivity index (χ1n) is 13.1. The third-order valence-electron chi connectivity index (χ3n) is 7.49. The van der Waals surface area contributed by atoms with Gasteiger partial charge in [0.15, 0.2) is 5.65 Å². The van der Waals surface area contributed by atoms with Crippen molar-refractivity contribution < 1.29 is 19.7 Å². The standard InChI is InChI=1S/C31H32N4O6/c1-34-29(38)27-28(33-26(32-27)17-23(37)18-36)35(30(34)39)19-31(20-7-5-4-6-8-20,21-9-13-24(40-2)14-10-21)22-11-15-25(41-3)16-12-22/h4-16,23,36-37H,17-19H2,1-3H3,(H,32,33). The van der Waals surface area contributed by atoms with Crippen molar-refractivity contribution in [2.75, 3.05) is 20.8 Å². The Morgan fingerprint density at radius 2 is 1.41 bits per heavy atom. The van der Waals surface area contributed by atoms with E-state index in [-0.39, 0.29) is 30.0 Å². The molecule has 10 heteroatoms. The first kappa shape index (κ1) is 27.9. The molecular weight excluding hydrogens is 524 g/mol. The van der Waals surface area contributed by atoms with Gasteiger partial charge in [0.1, 0.15) is 22.8 Å². The van der Waals surface area contributed by atoms with Gasteiger partial charge in [-0.25, -0.2) is 9.78 Å². The van der Waals surface area contributed by atoms with Crippen molar-refractivity contribution in [3.63, 3.8) is 0 Å². The van der Waals surface area contributed by atoms with Crippen molar-refractivity contribution >= 4 is 11.2 Å². The number of benzene rings is 3. The van der Waals surface area contributed by atoms with Crippen molar-refractivity contribution in [2.24, 2.45) is 7.05 Å². The normalized spacial score (nSPS) is 12.4. The molecule has 41 heavy (non-hydrogen) atoms. The summed E-state index contributed by atoms with van der Waals surface area (Å²) in [6.07, 6.45) is -1.08. The number of nitrogens with one attached hydrogen (secondary N) is 1. The van der Waals surface area contributed by atoms with Crippen molar-refractivity contribution in [1.29, 1.82) is 0 Å². The van der Waals surface area contributed by atoms with Gasteiger partial charge in [0.2, 0.25) is 0 Å². The van der Waals surface area contributed by atoms with Crippen LogP contribution in [-0.4, -0.2) is 56.2 Å². The molecule has 2 aromatic heterocycles. The van der Waals surface area contributed by atoms with E-state index in [1.54, 1.807) is 14.2 Å². The molecule has 0 radical (unpaired) electrons. The van der Waals surface area contributed by atoms with Gasteiger partial charge < -0.3 is 24.7 Å². The van der Waals surface area contributed by atoms with Gasteiger partial charge in [-0.05, 0) is 41.0 Å². The molecule has 0 saturated carbocycles. The summed E-state index contributed by atoms with van der Waals surface area (Å²) in [7, 11) is 4.63. The zero-order valence-corrected chi connectivity index (χ0v) is 23.1. The molecule has 0 aliphatic carbocycles. The molecule has 0 bridgehead atoms. The molecule has 0 spiro atoms. The molecule has 0 amide bonds.